The van der Waals surface area contributed by atoms with E-state index in [4.69, 9.17) is 15.9 Å². The van der Waals surface area contributed by atoms with Crippen LogP contribution in [0.15, 0.2) is 21.9 Å². The fraction of sp³-hybridized carbons (Fsp3) is 0.500. The summed E-state index contributed by atoms with van der Waals surface area (Å²) in [4.78, 5) is 36.6. The van der Waals surface area contributed by atoms with Gasteiger partial charge in [-0.15, -0.1) is 6.42 Å². The molecule has 0 aliphatic carbocycles. The second-order valence-corrected chi connectivity index (χ2v) is 5.01. The molecule has 0 spiro atoms. The van der Waals surface area contributed by atoms with Gasteiger partial charge in [-0.1, -0.05) is 5.92 Å². The van der Waals surface area contributed by atoms with Crippen molar-refractivity contribution in [2.45, 2.75) is 24.5 Å². The van der Waals surface area contributed by atoms with Crippen molar-refractivity contribution in [3.63, 3.8) is 0 Å². The summed E-state index contributed by atoms with van der Waals surface area (Å²) in [6, 6.07) is 1.10. The molecule has 1 amide bonds. The summed E-state index contributed by atoms with van der Waals surface area (Å²) in [6.07, 6.45) is 1.68. The lowest BCUT2D eigenvalue weighted by atomic mass is 10.1. The molecule has 10 heteroatoms. The standard InChI is InChI=1S/C14H17N3O7/c1-2-4-15-10(20)7-23-12-11(21)8(6-18)24-13(12)17-5-3-9(19)16-14(17)22/h1,3,5,8,11-13,18,21H,4,6-7H2,(H,15,20)(H,16,19,22)/t8-,11+,12?,13-/m1/s1. The molecule has 24 heavy (non-hydrogen) atoms. The highest BCUT2D eigenvalue weighted by molar-refractivity contribution is 5.77. The van der Waals surface area contributed by atoms with Crippen LogP contribution >= 0.6 is 0 Å². The van der Waals surface area contributed by atoms with Crippen LogP contribution in [0.5, 0.6) is 0 Å². The van der Waals surface area contributed by atoms with E-state index in [2.05, 4.69) is 11.2 Å². The number of amides is 1. The first-order valence-electron chi connectivity index (χ1n) is 7.05. The summed E-state index contributed by atoms with van der Waals surface area (Å²) in [7, 11) is 0. The number of hydrogen-bond donors (Lipinski definition) is 4. The number of ether oxygens (including phenoxy) is 2. The molecular weight excluding hydrogens is 322 g/mol. The molecule has 130 valence electrons. The minimum atomic E-state index is -1.28. The van der Waals surface area contributed by atoms with E-state index >= 15 is 0 Å². The molecule has 2 rings (SSSR count). The van der Waals surface area contributed by atoms with Crippen molar-refractivity contribution in [3.05, 3.63) is 33.1 Å². The Balaban J connectivity index is 2.18. The van der Waals surface area contributed by atoms with E-state index in [1.54, 1.807) is 0 Å². The van der Waals surface area contributed by atoms with Gasteiger partial charge in [0, 0.05) is 12.3 Å². The number of terminal acetylenes is 1. The van der Waals surface area contributed by atoms with Gasteiger partial charge in [-0.05, 0) is 0 Å². The minimum absolute atomic E-state index is 0.0218. The van der Waals surface area contributed by atoms with Gasteiger partial charge in [0.05, 0.1) is 13.2 Å². The van der Waals surface area contributed by atoms with E-state index in [1.165, 1.54) is 6.20 Å². The molecule has 1 aliphatic heterocycles. The lowest BCUT2D eigenvalue weighted by Gasteiger charge is -2.21. The molecule has 1 saturated heterocycles. The van der Waals surface area contributed by atoms with E-state index in [0.29, 0.717) is 0 Å². The summed E-state index contributed by atoms with van der Waals surface area (Å²) in [5, 5.41) is 21.8. The summed E-state index contributed by atoms with van der Waals surface area (Å²) in [6.45, 7) is -0.924. The number of aliphatic hydroxyl groups excluding tert-OH is 2. The molecule has 1 fully saturated rings. The van der Waals surface area contributed by atoms with Crippen LogP contribution in [0.25, 0.3) is 0 Å². The molecule has 1 aromatic heterocycles. The van der Waals surface area contributed by atoms with E-state index in [0.717, 1.165) is 10.6 Å². The monoisotopic (exact) mass is 339 g/mol. The van der Waals surface area contributed by atoms with Crippen molar-refractivity contribution < 1.29 is 24.5 Å². The summed E-state index contributed by atoms with van der Waals surface area (Å²) in [5.74, 6) is 1.71. The second kappa shape index (κ2) is 7.89. The summed E-state index contributed by atoms with van der Waals surface area (Å²) >= 11 is 0. The number of carbonyl (C=O) groups is 1. The molecule has 1 aromatic rings. The van der Waals surface area contributed by atoms with Gasteiger partial charge in [0.25, 0.3) is 5.56 Å². The number of aliphatic hydroxyl groups is 2. The number of carbonyl (C=O) groups excluding carboxylic acids is 1. The van der Waals surface area contributed by atoms with Gasteiger partial charge in [0.2, 0.25) is 5.91 Å². The molecule has 0 saturated carbocycles. The average molecular weight is 339 g/mol. The Morgan fingerprint density at radius 2 is 2.29 bits per heavy atom. The van der Waals surface area contributed by atoms with Crippen LogP contribution in [0.1, 0.15) is 6.23 Å². The zero-order chi connectivity index (χ0) is 17.7. The van der Waals surface area contributed by atoms with Crippen molar-refractivity contribution in [1.29, 1.82) is 0 Å². The van der Waals surface area contributed by atoms with Crippen molar-refractivity contribution in [1.82, 2.24) is 14.9 Å². The number of H-pyrrole nitrogens is 1. The van der Waals surface area contributed by atoms with Gasteiger partial charge >= 0.3 is 5.69 Å². The maximum atomic E-state index is 11.9. The van der Waals surface area contributed by atoms with Crippen molar-refractivity contribution >= 4 is 5.91 Å². The van der Waals surface area contributed by atoms with E-state index in [9.17, 15) is 24.6 Å². The van der Waals surface area contributed by atoms with Crippen LogP contribution in [-0.4, -0.2) is 63.7 Å². The Morgan fingerprint density at radius 1 is 1.54 bits per heavy atom. The average Bonchev–Trinajstić information content (AvgIpc) is 2.86. The fourth-order valence-electron chi connectivity index (χ4n) is 2.27. The topological polar surface area (TPSA) is 143 Å². The normalized spacial score (nSPS) is 26.0. The van der Waals surface area contributed by atoms with Gasteiger partial charge in [0.15, 0.2) is 6.23 Å². The fourth-order valence-corrected chi connectivity index (χ4v) is 2.27. The maximum Gasteiger partial charge on any atom is 0.330 e. The van der Waals surface area contributed by atoms with Crippen LogP contribution in [0, 0.1) is 12.3 Å². The number of hydrogen-bond acceptors (Lipinski definition) is 7. The molecule has 0 bridgehead atoms. The van der Waals surface area contributed by atoms with E-state index < -0.39 is 54.9 Å². The summed E-state index contributed by atoms with van der Waals surface area (Å²) in [5.41, 5.74) is -1.37. The molecular formula is C14H17N3O7. The Morgan fingerprint density at radius 3 is 2.92 bits per heavy atom. The maximum absolute atomic E-state index is 11.9. The number of aromatic nitrogens is 2. The molecule has 1 unspecified atom stereocenters. The SMILES string of the molecule is C#CCNC(=O)COC1[C@@H](O)[C@@H](CO)O[C@H]1n1ccc(=O)[nH]c1=O. The zero-order valence-electron chi connectivity index (χ0n) is 12.5. The quantitative estimate of drug-likeness (QED) is 0.403. The summed E-state index contributed by atoms with van der Waals surface area (Å²) < 4.78 is 11.8. The predicted octanol–water partition coefficient (Wildman–Crippen LogP) is -3.08. The molecule has 1 aliphatic rings. The first-order chi connectivity index (χ1) is 11.5. The number of rotatable bonds is 6. The Kier molecular flexibility index (Phi) is 5.88. The van der Waals surface area contributed by atoms with Gasteiger partial charge in [-0.25, -0.2) is 4.79 Å². The highest BCUT2D eigenvalue weighted by Crippen LogP contribution is 2.30. The van der Waals surface area contributed by atoms with Gasteiger partial charge in [-0.2, -0.15) is 0 Å². The third-order valence-corrected chi connectivity index (χ3v) is 3.41. The first kappa shape index (κ1) is 17.9. The van der Waals surface area contributed by atoms with Crippen molar-refractivity contribution in [3.8, 4) is 12.3 Å². The first-order valence-corrected chi connectivity index (χ1v) is 7.05. The molecule has 4 atom stereocenters. The zero-order valence-corrected chi connectivity index (χ0v) is 12.5. The van der Waals surface area contributed by atoms with E-state index in [-0.39, 0.29) is 6.54 Å². The van der Waals surface area contributed by atoms with Gasteiger partial charge < -0.3 is 25.0 Å². The Bertz CT molecular complexity index is 735. The highest BCUT2D eigenvalue weighted by Gasteiger charge is 2.45. The lowest BCUT2D eigenvalue weighted by Crippen LogP contribution is -2.41. The molecule has 0 radical (unpaired) electrons. The second-order valence-electron chi connectivity index (χ2n) is 5.01. The molecule has 10 nitrogen and oxygen atoms in total. The Hall–Kier alpha value is -2.45. The van der Waals surface area contributed by atoms with Crippen LogP contribution < -0.4 is 16.6 Å². The minimum Gasteiger partial charge on any atom is -0.394 e. The predicted molar refractivity (Wildman–Crippen MR) is 79.9 cm³/mol. The van der Waals surface area contributed by atoms with Gasteiger partial charge in [0.1, 0.15) is 24.9 Å². The van der Waals surface area contributed by atoms with Crippen LogP contribution in [-0.2, 0) is 14.3 Å². The smallest absolute Gasteiger partial charge is 0.330 e. The number of nitrogens with zero attached hydrogens (tertiary/aromatic N) is 1. The third-order valence-electron chi connectivity index (χ3n) is 3.41. The van der Waals surface area contributed by atoms with Crippen molar-refractivity contribution in [2.24, 2.45) is 0 Å². The van der Waals surface area contributed by atoms with Crippen molar-refractivity contribution in [2.75, 3.05) is 19.8 Å². The van der Waals surface area contributed by atoms with Crippen LogP contribution in [0.4, 0.5) is 0 Å². The number of nitrogens with one attached hydrogen (secondary N) is 2. The third kappa shape index (κ3) is 3.90. The molecule has 2 heterocycles. The Labute approximate surface area is 136 Å². The largest absolute Gasteiger partial charge is 0.394 e. The van der Waals surface area contributed by atoms with Crippen LogP contribution in [0.3, 0.4) is 0 Å². The lowest BCUT2D eigenvalue weighted by molar-refractivity contribution is -0.132. The highest BCUT2D eigenvalue weighted by atomic mass is 16.6. The van der Waals surface area contributed by atoms with Gasteiger partial charge in [-0.3, -0.25) is 19.1 Å². The van der Waals surface area contributed by atoms with Crippen LogP contribution in [0.2, 0.25) is 0 Å². The number of aromatic amines is 1. The van der Waals surface area contributed by atoms with E-state index in [1.807, 2.05) is 4.98 Å². The molecule has 4 N–H and O–H groups in total. The molecule has 0 aromatic carbocycles.